The van der Waals surface area contributed by atoms with E-state index in [-0.39, 0.29) is 0 Å². The van der Waals surface area contributed by atoms with E-state index in [4.69, 9.17) is 15.2 Å². The SMILES string of the molecule is CCOc1cc2ncc(C(N)=O)c(Nc3cccc(CN4CCSCC4)c3CC)c2cc1OCC. The fraction of sp³-hybridized carbons (Fsp3) is 0.407. The first-order chi connectivity index (χ1) is 17.0. The lowest BCUT2D eigenvalue weighted by Crippen LogP contribution is -2.32. The first kappa shape index (κ1) is 25.1. The van der Waals surface area contributed by atoms with Gasteiger partial charge in [0.1, 0.15) is 0 Å². The zero-order valence-electron chi connectivity index (χ0n) is 20.7. The number of nitrogens with two attached hydrogens (primary N) is 1. The Kier molecular flexibility index (Phi) is 8.36. The Morgan fingerprint density at radius 1 is 1.11 bits per heavy atom. The molecule has 0 unspecified atom stereocenters. The van der Waals surface area contributed by atoms with Gasteiger partial charge in [-0.1, -0.05) is 19.1 Å². The first-order valence-electron chi connectivity index (χ1n) is 12.3. The lowest BCUT2D eigenvalue weighted by Gasteiger charge is -2.27. The molecule has 8 heteroatoms. The van der Waals surface area contributed by atoms with Crippen LogP contribution < -0.4 is 20.5 Å². The minimum Gasteiger partial charge on any atom is -0.490 e. The average molecular weight is 495 g/mol. The quantitative estimate of drug-likeness (QED) is 0.411. The molecule has 0 radical (unpaired) electrons. The van der Waals surface area contributed by atoms with Gasteiger partial charge in [-0.25, -0.2) is 0 Å². The molecule has 3 N–H and O–H groups in total. The van der Waals surface area contributed by atoms with Gasteiger partial charge in [0.2, 0.25) is 0 Å². The second-order valence-electron chi connectivity index (χ2n) is 8.40. The molecule has 2 aromatic carbocycles. The molecule has 0 bridgehead atoms. The van der Waals surface area contributed by atoms with Crippen molar-refractivity contribution in [1.29, 1.82) is 0 Å². The topological polar surface area (TPSA) is 89.7 Å². The fourth-order valence-electron chi connectivity index (χ4n) is 4.51. The normalized spacial score (nSPS) is 14.1. The number of carbonyl (C=O) groups is 1. The molecule has 4 rings (SSSR count). The molecule has 1 aliphatic heterocycles. The summed E-state index contributed by atoms with van der Waals surface area (Å²) in [7, 11) is 0. The smallest absolute Gasteiger partial charge is 0.252 e. The van der Waals surface area contributed by atoms with Crippen LogP contribution in [0.1, 0.15) is 42.3 Å². The number of aromatic nitrogens is 1. The fourth-order valence-corrected chi connectivity index (χ4v) is 5.49. The van der Waals surface area contributed by atoms with Crippen LogP contribution in [0.3, 0.4) is 0 Å². The predicted octanol–water partition coefficient (Wildman–Crippen LogP) is 4.99. The third kappa shape index (κ3) is 5.65. The van der Waals surface area contributed by atoms with E-state index in [0.29, 0.717) is 41.5 Å². The summed E-state index contributed by atoms with van der Waals surface area (Å²) in [5.41, 5.74) is 11.0. The van der Waals surface area contributed by atoms with Crippen LogP contribution in [-0.4, -0.2) is 53.6 Å². The summed E-state index contributed by atoms with van der Waals surface area (Å²) < 4.78 is 11.6. The number of nitrogens with zero attached hydrogens (tertiary/aromatic N) is 2. The van der Waals surface area contributed by atoms with E-state index in [1.165, 1.54) is 28.8 Å². The number of thioether (sulfide) groups is 1. The maximum absolute atomic E-state index is 12.4. The van der Waals surface area contributed by atoms with Gasteiger partial charge in [-0.2, -0.15) is 11.8 Å². The Morgan fingerprint density at radius 3 is 2.49 bits per heavy atom. The number of amides is 1. The zero-order valence-corrected chi connectivity index (χ0v) is 21.5. The summed E-state index contributed by atoms with van der Waals surface area (Å²) >= 11 is 2.02. The number of primary amides is 1. The van der Waals surface area contributed by atoms with Gasteiger partial charge in [-0.05, 0) is 43.5 Å². The van der Waals surface area contributed by atoms with Crippen molar-refractivity contribution in [2.24, 2.45) is 5.73 Å². The summed E-state index contributed by atoms with van der Waals surface area (Å²) in [6.45, 7) is 10.2. The van der Waals surface area contributed by atoms with Crippen LogP contribution in [0, 0.1) is 0 Å². The number of pyridine rings is 1. The van der Waals surface area contributed by atoms with Gasteiger partial charge < -0.3 is 20.5 Å². The maximum atomic E-state index is 12.4. The van der Waals surface area contributed by atoms with E-state index < -0.39 is 5.91 Å². The molecule has 7 nitrogen and oxygen atoms in total. The number of anilines is 2. The number of carbonyl (C=O) groups excluding carboxylic acids is 1. The molecule has 1 fully saturated rings. The molecule has 0 atom stereocenters. The number of hydrogen-bond donors (Lipinski definition) is 2. The minimum atomic E-state index is -0.534. The van der Waals surface area contributed by atoms with Crippen molar-refractivity contribution in [1.82, 2.24) is 9.88 Å². The van der Waals surface area contributed by atoms with Gasteiger partial charge in [0, 0.05) is 54.5 Å². The van der Waals surface area contributed by atoms with Gasteiger partial charge in [0.15, 0.2) is 11.5 Å². The van der Waals surface area contributed by atoms with Crippen LogP contribution in [0.2, 0.25) is 0 Å². The summed E-state index contributed by atoms with van der Waals surface area (Å²) in [5.74, 6) is 3.06. The lowest BCUT2D eigenvalue weighted by atomic mass is 10.0. The molecule has 2 heterocycles. The van der Waals surface area contributed by atoms with Crippen molar-refractivity contribution < 1.29 is 14.3 Å². The summed E-state index contributed by atoms with van der Waals surface area (Å²) in [6.07, 6.45) is 2.40. The largest absolute Gasteiger partial charge is 0.490 e. The highest BCUT2D eigenvalue weighted by atomic mass is 32.2. The Bertz CT molecular complexity index is 1190. The van der Waals surface area contributed by atoms with Crippen molar-refractivity contribution in [3.05, 3.63) is 53.2 Å². The van der Waals surface area contributed by atoms with Gasteiger partial charge in [-0.15, -0.1) is 0 Å². The maximum Gasteiger partial charge on any atom is 0.252 e. The van der Waals surface area contributed by atoms with Crippen molar-refractivity contribution >= 4 is 39.9 Å². The van der Waals surface area contributed by atoms with E-state index in [0.717, 1.165) is 37.1 Å². The van der Waals surface area contributed by atoms with Crippen LogP contribution >= 0.6 is 11.8 Å². The van der Waals surface area contributed by atoms with Gasteiger partial charge >= 0.3 is 0 Å². The number of rotatable bonds is 10. The highest BCUT2D eigenvalue weighted by Gasteiger charge is 2.19. The minimum absolute atomic E-state index is 0.338. The molecule has 1 saturated heterocycles. The number of benzene rings is 2. The van der Waals surface area contributed by atoms with Crippen molar-refractivity contribution in [3.8, 4) is 11.5 Å². The second kappa shape index (κ2) is 11.6. The molecule has 1 amide bonds. The Balaban J connectivity index is 1.80. The molecule has 1 aromatic heterocycles. The summed E-state index contributed by atoms with van der Waals surface area (Å²) in [5, 5.41) is 4.31. The number of nitrogens with one attached hydrogen (secondary N) is 1. The van der Waals surface area contributed by atoms with Gasteiger partial charge in [0.05, 0.1) is 30.0 Å². The summed E-state index contributed by atoms with van der Waals surface area (Å²) in [6, 6.07) is 10.1. The lowest BCUT2D eigenvalue weighted by molar-refractivity contribution is 0.100. The van der Waals surface area contributed by atoms with Gasteiger partial charge in [0.25, 0.3) is 5.91 Å². The van der Waals surface area contributed by atoms with E-state index in [2.05, 4.69) is 40.3 Å². The Morgan fingerprint density at radius 2 is 1.83 bits per heavy atom. The van der Waals surface area contributed by atoms with Crippen LogP contribution in [0.15, 0.2) is 36.5 Å². The van der Waals surface area contributed by atoms with E-state index in [1.807, 2.05) is 37.7 Å². The molecule has 0 saturated carbocycles. The molecule has 35 heavy (non-hydrogen) atoms. The average Bonchev–Trinajstić information content (AvgIpc) is 2.86. The molecular weight excluding hydrogens is 460 g/mol. The van der Waals surface area contributed by atoms with Crippen molar-refractivity contribution in [2.45, 2.75) is 33.7 Å². The Labute approximate surface area is 211 Å². The third-order valence-electron chi connectivity index (χ3n) is 6.18. The highest BCUT2D eigenvalue weighted by molar-refractivity contribution is 7.99. The monoisotopic (exact) mass is 494 g/mol. The molecule has 0 spiro atoms. The van der Waals surface area contributed by atoms with Crippen LogP contribution in [0.25, 0.3) is 10.9 Å². The standard InChI is InChI=1S/C27H34N4O3S/c1-4-19-18(17-31-10-12-35-13-11-31)8-7-9-22(19)30-26-20-14-24(33-5-2)25(34-6-3)15-23(20)29-16-21(26)27(28)32/h7-9,14-16H,4-6,10-13,17H2,1-3H3,(H2,28,32)(H,29,30). The van der Waals surface area contributed by atoms with Crippen molar-refractivity contribution in [3.63, 3.8) is 0 Å². The highest BCUT2D eigenvalue weighted by Crippen LogP contribution is 2.38. The van der Waals surface area contributed by atoms with E-state index >= 15 is 0 Å². The van der Waals surface area contributed by atoms with Crippen LogP contribution in [0.5, 0.6) is 11.5 Å². The van der Waals surface area contributed by atoms with E-state index in [1.54, 1.807) is 0 Å². The molecule has 186 valence electrons. The Hall–Kier alpha value is -2.97. The molecule has 1 aliphatic rings. The predicted molar refractivity (Wildman–Crippen MR) is 144 cm³/mol. The van der Waals surface area contributed by atoms with Crippen molar-refractivity contribution in [2.75, 3.05) is 43.1 Å². The van der Waals surface area contributed by atoms with Crippen LogP contribution in [0.4, 0.5) is 11.4 Å². The first-order valence-corrected chi connectivity index (χ1v) is 13.4. The zero-order chi connectivity index (χ0) is 24.8. The second-order valence-corrected chi connectivity index (χ2v) is 9.63. The molecule has 3 aromatic rings. The molecular formula is C27H34N4O3S. The van der Waals surface area contributed by atoms with Crippen LogP contribution in [-0.2, 0) is 13.0 Å². The number of hydrogen-bond acceptors (Lipinski definition) is 7. The van der Waals surface area contributed by atoms with Gasteiger partial charge in [-0.3, -0.25) is 14.7 Å². The number of ether oxygens (including phenoxy) is 2. The third-order valence-corrected chi connectivity index (χ3v) is 7.13. The summed E-state index contributed by atoms with van der Waals surface area (Å²) in [4.78, 5) is 19.4. The van der Waals surface area contributed by atoms with E-state index in [9.17, 15) is 4.79 Å². The molecule has 0 aliphatic carbocycles. The number of fused-ring (bicyclic) bond motifs is 1.